The number of hydrogen-bond donors (Lipinski definition) is 0. The maximum atomic E-state index is 12.9. The monoisotopic (exact) mass is 348 g/mol. The second kappa shape index (κ2) is 23.4. The Bertz CT molecular complexity index is 336. The predicted molar refractivity (Wildman–Crippen MR) is 105 cm³/mol. The summed E-state index contributed by atoms with van der Waals surface area (Å²) in [5.74, 6) is 0.580. The van der Waals surface area contributed by atoms with Crippen molar-refractivity contribution >= 4 is 17.9 Å². The highest BCUT2D eigenvalue weighted by Crippen LogP contribution is 2.21. The molecule has 0 radical (unpaired) electrons. The molecule has 0 amide bonds. The number of halogens is 2. The first-order valence-electron chi connectivity index (χ1n) is 8.54. The highest BCUT2D eigenvalue weighted by atomic mass is 35.5. The molecule has 0 aliphatic heterocycles. The molecule has 0 heterocycles. The van der Waals surface area contributed by atoms with Crippen molar-refractivity contribution in [2.75, 3.05) is 0 Å². The zero-order chi connectivity index (χ0) is 19.4. The van der Waals surface area contributed by atoms with Gasteiger partial charge in [0.1, 0.15) is 12.1 Å². The van der Waals surface area contributed by atoms with Crippen LogP contribution in [-0.2, 0) is 4.79 Å². The molecule has 3 heteroatoms. The van der Waals surface area contributed by atoms with Crippen molar-refractivity contribution < 1.29 is 9.18 Å². The summed E-state index contributed by atoms with van der Waals surface area (Å²) >= 11 is 5.61. The first-order chi connectivity index (χ1) is 10.7. The molecule has 0 saturated carbocycles. The summed E-state index contributed by atoms with van der Waals surface area (Å²) in [4.78, 5) is 8.81. The third-order valence-corrected chi connectivity index (χ3v) is 2.75. The normalized spacial score (nSPS) is 8.04. The number of aldehydes is 1. The molecule has 0 N–H and O–H groups in total. The molecule has 0 aromatic heterocycles. The summed E-state index contributed by atoms with van der Waals surface area (Å²) in [6.07, 6.45) is 3.31. The third-order valence-electron chi connectivity index (χ3n) is 2.28. The van der Waals surface area contributed by atoms with Gasteiger partial charge in [-0.15, -0.1) is 0 Å². The molecule has 1 rings (SSSR count). The Hall–Kier alpha value is -0.890. The van der Waals surface area contributed by atoms with E-state index in [4.69, 9.17) is 16.4 Å². The van der Waals surface area contributed by atoms with Gasteiger partial charge in [0.05, 0.1) is 5.02 Å². The topological polar surface area (TPSA) is 17.1 Å². The van der Waals surface area contributed by atoms with E-state index in [9.17, 15) is 4.39 Å². The second-order valence-corrected chi connectivity index (χ2v) is 5.45. The lowest BCUT2D eigenvalue weighted by Crippen LogP contribution is -1.85. The summed E-state index contributed by atoms with van der Waals surface area (Å²) in [5, 5.41) is 0.236. The highest BCUT2D eigenvalue weighted by Gasteiger charge is 2.04. The van der Waals surface area contributed by atoms with Gasteiger partial charge in [0.15, 0.2) is 0 Å². The van der Waals surface area contributed by atoms with Gasteiger partial charge >= 0.3 is 0 Å². The zero-order valence-electron chi connectivity index (χ0n) is 16.9. The number of benzene rings is 1. The second-order valence-electron chi connectivity index (χ2n) is 5.07. The van der Waals surface area contributed by atoms with Gasteiger partial charge in [-0.2, -0.15) is 0 Å². The Morgan fingerprint density at radius 1 is 1.09 bits per heavy atom. The molecule has 1 nitrogen and oxygen atoms in total. The van der Waals surface area contributed by atoms with Gasteiger partial charge < -0.3 is 4.79 Å². The first-order valence-corrected chi connectivity index (χ1v) is 8.91. The molecule has 0 bridgehead atoms. The maximum Gasteiger partial charge on any atom is 0.144 e. The van der Waals surface area contributed by atoms with Crippen LogP contribution in [0.3, 0.4) is 0 Å². The van der Waals surface area contributed by atoms with E-state index in [1.165, 1.54) is 19.8 Å². The van der Waals surface area contributed by atoms with Crippen molar-refractivity contribution in [2.45, 2.75) is 82.1 Å². The van der Waals surface area contributed by atoms with Gasteiger partial charge in [-0.1, -0.05) is 85.0 Å². The average molecular weight is 349 g/mol. The molecular formula is C20H38ClFO. The van der Waals surface area contributed by atoms with Crippen LogP contribution in [-0.4, -0.2) is 6.29 Å². The molecular weight excluding hydrogens is 311 g/mol. The van der Waals surface area contributed by atoms with Crippen LogP contribution in [0, 0.1) is 25.6 Å². The van der Waals surface area contributed by atoms with Crippen LogP contribution in [0.1, 0.15) is 79.4 Å². The Balaban J connectivity index is -0.000000118. The SMILES string of the molecule is CC.CC=O.CCC.CCC(C)C.Cc1ccc(C)c(Cl)c1F. The summed E-state index contributed by atoms with van der Waals surface area (Å²) < 4.78 is 12.9. The van der Waals surface area contributed by atoms with E-state index < -0.39 is 0 Å². The molecule has 0 aliphatic rings. The minimum Gasteiger partial charge on any atom is -0.304 e. The Labute approximate surface area is 149 Å². The lowest BCUT2D eigenvalue weighted by atomic mass is 10.1. The van der Waals surface area contributed by atoms with Crippen LogP contribution in [0.2, 0.25) is 5.02 Å². The van der Waals surface area contributed by atoms with Crippen LogP contribution < -0.4 is 0 Å². The van der Waals surface area contributed by atoms with E-state index >= 15 is 0 Å². The van der Waals surface area contributed by atoms with Crippen LogP contribution in [0.15, 0.2) is 12.1 Å². The van der Waals surface area contributed by atoms with E-state index in [0.29, 0.717) is 5.56 Å². The van der Waals surface area contributed by atoms with Crippen LogP contribution in [0.5, 0.6) is 0 Å². The number of hydrogen-bond acceptors (Lipinski definition) is 1. The van der Waals surface area contributed by atoms with Crippen molar-refractivity contribution in [3.8, 4) is 0 Å². The minimum absolute atomic E-state index is 0.236. The van der Waals surface area contributed by atoms with Gasteiger partial charge in [-0.05, 0) is 37.8 Å². The van der Waals surface area contributed by atoms with E-state index in [2.05, 4.69) is 34.6 Å². The van der Waals surface area contributed by atoms with Crippen LogP contribution >= 0.6 is 11.6 Å². The van der Waals surface area contributed by atoms with E-state index in [1.54, 1.807) is 26.0 Å². The molecule has 1 aromatic carbocycles. The highest BCUT2D eigenvalue weighted by molar-refractivity contribution is 6.31. The number of rotatable bonds is 1. The lowest BCUT2D eigenvalue weighted by molar-refractivity contribution is -0.106. The summed E-state index contributed by atoms with van der Waals surface area (Å²) in [6.45, 7) is 19.8. The first kappa shape index (κ1) is 30.0. The van der Waals surface area contributed by atoms with E-state index in [0.717, 1.165) is 17.8 Å². The van der Waals surface area contributed by atoms with Crippen molar-refractivity contribution in [3.63, 3.8) is 0 Å². The smallest absolute Gasteiger partial charge is 0.144 e. The number of carbonyl (C=O) groups is 1. The summed E-state index contributed by atoms with van der Waals surface area (Å²) in [6, 6.07) is 3.53. The quantitative estimate of drug-likeness (QED) is 0.473. The summed E-state index contributed by atoms with van der Waals surface area (Å²) in [5.41, 5.74) is 1.38. The lowest BCUT2D eigenvalue weighted by Gasteiger charge is -2.00. The number of carbonyl (C=O) groups excluding carboxylic acids is 1. The molecule has 0 atom stereocenters. The molecule has 0 aliphatic carbocycles. The molecule has 0 spiro atoms. The third kappa shape index (κ3) is 23.5. The van der Waals surface area contributed by atoms with Gasteiger partial charge in [0, 0.05) is 0 Å². The molecule has 0 saturated heterocycles. The van der Waals surface area contributed by atoms with Gasteiger partial charge in [0.2, 0.25) is 0 Å². The van der Waals surface area contributed by atoms with Gasteiger partial charge in [0.25, 0.3) is 0 Å². The van der Waals surface area contributed by atoms with Crippen LogP contribution in [0.4, 0.5) is 4.39 Å². The van der Waals surface area contributed by atoms with E-state index in [1.807, 2.05) is 13.8 Å². The Morgan fingerprint density at radius 2 is 1.35 bits per heavy atom. The summed E-state index contributed by atoms with van der Waals surface area (Å²) in [7, 11) is 0. The maximum absolute atomic E-state index is 12.9. The molecule has 23 heavy (non-hydrogen) atoms. The van der Waals surface area contributed by atoms with Crippen molar-refractivity contribution in [1.82, 2.24) is 0 Å². The van der Waals surface area contributed by atoms with Gasteiger partial charge in [-0.25, -0.2) is 4.39 Å². The Morgan fingerprint density at radius 3 is 1.57 bits per heavy atom. The van der Waals surface area contributed by atoms with Crippen molar-refractivity contribution in [1.29, 1.82) is 0 Å². The standard InChI is InChI=1S/C8H8ClF.C5H12.C3H8.C2H4O.C2H6/c1-5-3-4-6(2)8(10)7(5)9;1-4-5(2)3;1-3-2;1-2-3;1-2/h3-4H,1-2H3;5H,4H2,1-3H3;3H2,1-2H3;2H,1H3;1-2H3. The number of aryl methyl sites for hydroxylation is 2. The molecule has 138 valence electrons. The van der Waals surface area contributed by atoms with Crippen molar-refractivity contribution in [2.24, 2.45) is 5.92 Å². The van der Waals surface area contributed by atoms with E-state index in [-0.39, 0.29) is 10.8 Å². The fraction of sp³-hybridized carbons (Fsp3) is 0.650. The molecule has 1 aromatic rings. The zero-order valence-corrected chi connectivity index (χ0v) is 17.6. The molecule has 0 unspecified atom stereocenters. The van der Waals surface area contributed by atoms with Crippen LogP contribution in [0.25, 0.3) is 0 Å². The fourth-order valence-corrected chi connectivity index (χ4v) is 0.955. The average Bonchev–Trinajstić information content (AvgIpc) is 2.53. The predicted octanol–water partition coefficient (Wildman–Crippen LogP) is 7.80. The minimum atomic E-state index is -0.304. The molecule has 0 fully saturated rings. The Kier molecular flexibility index (Phi) is 30.5. The van der Waals surface area contributed by atoms with Crippen molar-refractivity contribution in [3.05, 3.63) is 34.1 Å². The van der Waals surface area contributed by atoms with Gasteiger partial charge in [-0.3, -0.25) is 0 Å². The largest absolute Gasteiger partial charge is 0.304 e. The fourth-order valence-electron chi connectivity index (χ4n) is 0.743.